The third-order valence-electron chi connectivity index (χ3n) is 4.05. The molecular formula is C15H19ClO2. The lowest BCUT2D eigenvalue weighted by molar-refractivity contribution is -0.148. The zero-order valence-corrected chi connectivity index (χ0v) is 11.6. The van der Waals surface area contributed by atoms with Gasteiger partial charge in [0.2, 0.25) is 0 Å². The highest BCUT2D eigenvalue weighted by Gasteiger charge is 2.44. The standard InChI is InChI=1S/C15H19ClO2/c1-10-3-4-12(13(16)7-10)9-15(14(17)18)6-5-11(2)8-15/h3-4,7,11H,5-6,8-9H2,1-2H3,(H,17,18). The molecule has 2 unspecified atom stereocenters. The van der Waals surface area contributed by atoms with E-state index in [9.17, 15) is 9.90 Å². The van der Waals surface area contributed by atoms with Crippen LogP contribution in [0.15, 0.2) is 18.2 Å². The van der Waals surface area contributed by atoms with Crippen molar-refractivity contribution in [3.05, 3.63) is 34.3 Å². The topological polar surface area (TPSA) is 37.3 Å². The summed E-state index contributed by atoms with van der Waals surface area (Å²) < 4.78 is 0. The minimum absolute atomic E-state index is 0.491. The van der Waals surface area contributed by atoms with Crippen LogP contribution in [0.5, 0.6) is 0 Å². The van der Waals surface area contributed by atoms with Gasteiger partial charge in [0.1, 0.15) is 0 Å². The highest BCUT2D eigenvalue weighted by molar-refractivity contribution is 6.31. The minimum atomic E-state index is -0.677. The summed E-state index contributed by atoms with van der Waals surface area (Å²) in [6.07, 6.45) is 3.06. The molecule has 0 bridgehead atoms. The molecule has 1 fully saturated rings. The second kappa shape index (κ2) is 4.93. The number of aryl methyl sites for hydroxylation is 1. The quantitative estimate of drug-likeness (QED) is 0.895. The van der Waals surface area contributed by atoms with Crippen LogP contribution in [0.4, 0.5) is 0 Å². The van der Waals surface area contributed by atoms with Crippen LogP contribution in [0.25, 0.3) is 0 Å². The van der Waals surface area contributed by atoms with Gasteiger partial charge in [0.25, 0.3) is 0 Å². The van der Waals surface area contributed by atoms with Crippen molar-refractivity contribution in [2.24, 2.45) is 11.3 Å². The van der Waals surface area contributed by atoms with E-state index in [2.05, 4.69) is 6.92 Å². The van der Waals surface area contributed by atoms with Crippen LogP contribution in [0.2, 0.25) is 5.02 Å². The zero-order chi connectivity index (χ0) is 13.3. The van der Waals surface area contributed by atoms with Crippen molar-refractivity contribution < 1.29 is 9.90 Å². The number of carboxylic acid groups (broad SMARTS) is 1. The summed E-state index contributed by atoms with van der Waals surface area (Å²) in [6, 6.07) is 5.87. The van der Waals surface area contributed by atoms with Crippen LogP contribution >= 0.6 is 11.6 Å². The first-order valence-corrected chi connectivity index (χ1v) is 6.79. The highest BCUT2D eigenvalue weighted by atomic mass is 35.5. The molecule has 0 saturated heterocycles. The molecular weight excluding hydrogens is 248 g/mol. The Labute approximate surface area is 113 Å². The van der Waals surface area contributed by atoms with E-state index in [1.807, 2.05) is 25.1 Å². The van der Waals surface area contributed by atoms with Gasteiger partial charge in [0.15, 0.2) is 0 Å². The van der Waals surface area contributed by atoms with Gasteiger partial charge in [0, 0.05) is 5.02 Å². The maximum Gasteiger partial charge on any atom is 0.309 e. The fraction of sp³-hybridized carbons (Fsp3) is 0.533. The minimum Gasteiger partial charge on any atom is -0.481 e. The molecule has 2 rings (SSSR count). The maximum atomic E-state index is 11.6. The molecule has 0 aliphatic heterocycles. The Kier molecular flexibility index (Phi) is 3.67. The Morgan fingerprint density at radius 2 is 2.28 bits per heavy atom. The molecule has 0 amide bonds. The number of halogens is 1. The van der Waals surface area contributed by atoms with Crippen molar-refractivity contribution in [3.63, 3.8) is 0 Å². The molecule has 2 nitrogen and oxygen atoms in total. The van der Waals surface area contributed by atoms with Gasteiger partial charge in [0.05, 0.1) is 5.41 Å². The Bertz CT molecular complexity index is 470. The summed E-state index contributed by atoms with van der Waals surface area (Å²) in [6.45, 7) is 4.11. The van der Waals surface area contributed by atoms with Crippen molar-refractivity contribution in [1.29, 1.82) is 0 Å². The van der Waals surface area contributed by atoms with Gasteiger partial charge >= 0.3 is 5.97 Å². The number of carboxylic acids is 1. The van der Waals surface area contributed by atoms with E-state index in [0.29, 0.717) is 17.4 Å². The second-order valence-corrected chi connectivity index (χ2v) is 6.11. The molecule has 0 spiro atoms. The first kappa shape index (κ1) is 13.4. The number of hydrogen-bond donors (Lipinski definition) is 1. The van der Waals surface area contributed by atoms with E-state index in [-0.39, 0.29) is 0 Å². The van der Waals surface area contributed by atoms with E-state index >= 15 is 0 Å². The molecule has 98 valence electrons. The van der Waals surface area contributed by atoms with Crippen LogP contribution < -0.4 is 0 Å². The Morgan fingerprint density at radius 1 is 1.56 bits per heavy atom. The van der Waals surface area contributed by atoms with Crippen molar-refractivity contribution in [1.82, 2.24) is 0 Å². The Balaban J connectivity index is 2.27. The average molecular weight is 267 g/mol. The lowest BCUT2D eigenvalue weighted by Crippen LogP contribution is -2.30. The van der Waals surface area contributed by atoms with Crippen molar-refractivity contribution >= 4 is 17.6 Å². The molecule has 18 heavy (non-hydrogen) atoms. The van der Waals surface area contributed by atoms with Gasteiger partial charge in [-0.2, -0.15) is 0 Å². The molecule has 1 aromatic rings. The smallest absolute Gasteiger partial charge is 0.309 e. The molecule has 1 aliphatic carbocycles. The van der Waals surface area contributed by atoms with Crippen LogP contribution in [-0.4, -0.2) is 11.1 Å². The summed E-state index contributed by atoms with van der Waals surface area (Å²) in [7, 11) is 0. The van der Waals surface area contributed by atoms with E-state index in [1.165, 1.54) is 0 Å². The third-order valence-corrected chi connectivity index (χ3v) is 4.40. The summed E-state index contributed by atoms with van der Waals surface area (Å²) in [5, 5.41) is 10.2. The fourth-order valence-electron chi connectivity index (χ4n) is 2.98. The van der Waals surface area contributed by atoms with Crippen molar-refractivity contribution in [2.45, 2.75) is 39.5 Å². The number of hydrogen-bond acceptors (Lipinski definition) is 1. The molecule has 1 aromatic carbocycles. The molecule has 0 heterocycles. The zero-order valence-electron chi connectivity index (χ0n) is 10.9. The SMILES string of the molecule is Cc1ccc(CC2(C(=O)O)CCC(C)C2)c(Cl)c1. The van der Waals surface area contributed by atoms with E-state index in [4.69, 9.17) is 11.6 Å². The van der Waals surface area contributed by atoms with Crippen molar-refractivity contribution in [2.75, 3.05) is 0 Å². The average Bonchev–Trinajstić information content (AvgIpc) is 2.66. The van der Waals surface area contributed by atoms with Gasteiger partial charge in [-0.1, -0.05) is 30.7 Å². The number of carbonyl (C=O) groups is 1. The Morgan fingerprint density at radius 3 is 2.78 bits per heavy atom. The summed E-state index contributed by atoms with van der Waals surface area (Å²) >= 11 is 6.22. The van der Waals surface area contributed by atoms with Crippen LogP contribution in [0, 0.1) is 18.3 Å². The number of benzene rings is 1. The normalized spacial score (nSPS) is 27.4. The predicted octanol–water partition coefficient (Wildman–Crippen LogP) is 4.08. The lowest BCUT2D eigenvalue weighted by atomic mass is 9.79. The van der Waals surface area contributed by atoms with Crippen LogP contribution in [-0.2, 0) is 11.2 Å². The molecule has 1 aliphatic rings. The number of rotatable bonds is 3. The number of aliphatic carboxylic acids is 1. The van der Waals surface area contributed by atoms with Crippen LogP contribution in [0.1, 0.15) is 37.3 Å². The van der Waals surface area contributed by atoms with Gasteiger partial charge in [-0.25, -0.2) is 0 Å². The van der Waals surface area contributed by atoms with Gasteiger partial charge in [-0.05, 0) is 55.7 Å². The van der Waals surface area contributed by atoms with Crippen LogP contribution in [0.3, 0.4) is 0 Å². The summed E-state index contributed by atoms with van der Waals surface area (Å²) in [4.78, 5) is 11.6. The molecule has 0 radical (unpaired) electrons. The van der Waals surface area contributed by atoms with Gasteiger partial charge < -0.3 is 5.11 Å². The predicted molar refractivity (Wildman–Crippen MR) is 73.0 cm³/mol. The second-order valence-electron chi connectivity index (χ2n) is 5.71. The van der Waals surface area contributed by atoms with Gasteiger partial charge in [-0.15, -0.1) is 0 Å². The molecule has 1 saturated carbocycles. The largest absolute Gasteiger partial charge is 0.481 e. The first-order chi connectivity index (χ1) is 8.43. The first-order valence-electron chi connectivity index (χ1n) is 6.41. The highest BCUT2D eigenvalue weighted by Crippen LogP contribution is 2.45. The Hall–Kier alpha value is -1.02. The van der Waals surface area contributed by atoms with Gasteiger partial charge in [-0.3, -0.25) is 4.79 Å². The fourth-order valence-corrected chi connectivity index (χ4v) is 3.29. The van der Waals surface area contributed by atoms with E-state index < -0.39 is 11.4 Å². The molecule has 1 N–H and O–H groups in total. The summed E-state index contributed by atoms with van der Waals surface area (Å²) in [5.74, 6) is -0.186. The molecule has 0 aromatic heterocycles. The molecule has 3 heteroatoms. The summed E-state index contributed by atoms with van der Waals surface area (Å²) in [5.41, 5.74) is 1.45. The van der Waals surface area contributed by atoms with E-state index in [0.717, 1.165) is 30.4 Å². The third kappa shape index (κ3) is 2.54. The monoisotopic (exact) mass is 266 g/mol. The lowest BCUT2D eigenvalue weighted by Gasteiger charge is -2.25. The van der Waals surface area contributed by atoms with Crippen molar-refractivity contribution in [3.8, 4) is 0 Å². The maximum absolute atomic E-state index is 11.6. The molecule has 2 atom stereocenters. The van der Waals surface area contributed by atoms with E-state index in [1.54, 1.807) is 0 Å².